The lowest BCUT2D eigenvalue weighted by Crippen LogP contribution is -2.39. The van der Waals surface area contributed by atoms with Crippen LogP contribution in [0.2, 0.25) is 0 Å². The summed E-state index contributed by atoms with van der Waals surface area (Å²) in [4.78, 5) is 33.5. The molecule has 2 fully saturated rings. The average molecular weight is 321 g/mol. The number of carbonyl (C=O) groups is 2. The van der Waals surface area contributed by atoms with E-state index in [9.17, 15) is 9.59 Å². The number of benzene rings is 1. The number of carbonyl (C=O) groups excluding carboxylic acids is 2. The average Bonchev–Trinajstić information content (AvgIpc) is 2.90. The van der Waals surface area contributed by atoms with E-state index in [2.05, 4.69) is 4.98 Å². The molecule has 0 radical (unpaired) electrons. The molecule has 1 aromatic heterocycles. The predicted molar refractivity (Wildman–Crippen MR) is 89.1 cm³/mol. The molecule has 3 heterocycles. The number of aromatic nitrogens is 1. The zero-order valence-corrected chi connectivity index (χ0v) is 13.3. The van der Waals surface area contributed by atoms with Gasteiger partial charge in [-0.15, -0.1) is 0 Å². The van der Waals surface area contributed by atoms with Gasteiger partial charge in [0.15, 0.2) is 0 Å². The van der Waals surface area contributed by atoms with Gasteiger partial charge in [-0.2, -0.15) is 0 Å². The third kappa shape index (κ3) is 2.37. The molecule has 0 aliphatic carbocycles. The van der Waals surface area contributed by atoms with E-state index in [4.69, 9.17) is 0 Å². The lowest BCUT2D eigenvalue weighted by atomic mass is 10.00. The molecule has 24 heavy (non-hydrogen) atoms. The number of hydrogen-bond acceptors (Lipinski definition) is 3. The SMILES string of the molecule is O=C1[C@@H]2CCCCN2C(=O)N1[C@H](c1ccccc1)c1ccccn1. The predicted octanol–water partition coefficient (Wildman–Crippen LogP) is 2.99. The number of fused-ring (bicyclic) bond motifs is 1. The highest BCUT2D eigenvalue weighted by atomic mass is 16.2. The van der Waals surface area contributed by atoms with Crippen molar-refractivity contribution >= 4 is 11.9 Å². The summed E-state index contributed by atoms with van der Waals surface area (Å²) in [5, 5.41) is 0. The number of amides is 3. The lowest BCUT2D eigenvalue weighted by Gasteiger charge is -2.27. The van der Waals surface area contributed by atoms with Crippen molar-refractivity contribution < 1.29 is 9.59 Å². The van der Waals surface area contributed by atoms with Gasteiger partial charge < -0.3 is 4.90 Å². The van der Waals surface area contributed by atoms with Crippen molar-refractivity contribution in [2.75, 3.05) is 6.54 Å². The number of hydrogen-bond donors (Lipinski definition) is 0. The van der Waals surface area contributed by atoms with Crippen LogP contribution < -0.4 is 0 Å². The zero-order chi connectivity index (χ0) is 16.5. The maximum Gasteiger partial charge on any atom is 0.328 e. The fourth-order valence-corrected chi connectivity index (χ4v) is 3.67. The molecule has 2 atom stereocenters. The first-order valence-electron chi connectivity index (χ1n) is 8.37. The molecule has 2 saturated heterocycles. The largest absolute Gasteiger partial charge is 0.328 e. The molecular weight excluding hydrogens is 302 g/mol. The topological polar surface area (TPSA) is 53.5 Å². The lowest BCUT2D eigenvalue weighted by molar-refractivity contribution is -0.130. The summed E-state index contributed by atoms with van der Waals surface area (Å²) in [5.41, 5.74) is 1.61. The number of piperidine rings is 1. The molecule has 1 aromatic carbocycles. The number of imide groups is 1. The van der Waals surface area contributed by atoms with Gasteiger partial charge in [-0.25, -0.2) is 9.69 Å². The van der Waals surface area contributed by atoms with Gasteiger partial charge in [0.2, 0.25) is 0 Å². The van der Waals surface area contributed by atoms with Crippen molar-refractivity contribution in [1.82, 2.24) is 14.8 Å². The molecule has 2 aliphatic rings. The highest BCUT2D eigenvalue weighted by molar-refractivity contribution is 6.05. The molecule has 0 spiro atoms. The fraction of sp³-hybridized carbons (Fsp3) is 0.316. The maximum absolute atomic E-state index is 13.0. The first-order chi connectivity index (χ1) is 11.8. The third-order valence-electron chi connectivity index (χ3n) is 4.82. The van der Waals surface area contributed by atoms with Crippen molar-refractivity contribution in [3.63, 3.8) is 0 Å². The normalized spacial score (nSPS) is 21.8. The summed E-state index contributed by atoms with van der Waals surface area (Å²) < 4.78 is 0. The minimum atomic E-state index is -0.474. The van der Waals surface area contributed by atoms with Crippen molar-refractivity contribution in [1.29, 1.82) is 0 Å². The molecule has 2 aliphatic heterocycles. The van der Waals surface area contributed by atoms with E-state index in [1.807, 2.05) is 48.5 Å². The maximum atomic E-state index is 13.0. The van der Waals surface area contributed by atoms with Crippen LogP contribution in [0.5, 0.6) is 0 Å². The first-order valence-corrected chi connectivity index (χ1v) is 8.37. The van der Waals surface area contributed by atoms with Gasteiger partial charge in [-0.1, -0.05) is 36.4 Å². The second-order valence-corrected chi connectivity index (χ2v) is 6.26. The number of nitrogens with zero attached hydrogens (tertiary/aromatic N) is 3. The van der Waals surface area contributed by atoms with Crippen LogP contribution in [0.1, 0.15) is 36.6 Å². The molecule has 2 aromatic rings. The highest BCUT2D eigenvalue weighted by Gasteiger charge is 2.49. The molecule has 3 amide bonds. The van der Waals surface area contributed by atoms with E-state index in [1.54, 1.807) is 11.1 Å². The number of rotatable bonds is 3. The molecule has 0 N–H and O–H groups in total. The van der Waals surface area contributed by atoms with Gasteiger partial charge in [-0.3, -0.25) is 9.78 Å². The van der Waals surface area contributed by atoms with E-state index in [-0.39, 0.29) is 18.0 Å². The quantitative estimate of drug-likeness (QED) is 0.817. The Labute approximate surface area is 140 Å². The molecule has 0 bridgehead atoms. The molecule has 0 saturated carbocycles. The second-order valence-electron chi connectivity index (χ2n) is 6.26. The summed E-state index contributed by atoms with van der Waals surface area (Å²) in [7, 11) is 0. The Morgan fingerprint density at radius 2 is 1.79 bits per heavy atom. The summed E-state index contributed by atoms with van der Waals surface area (Å²) >= 11 is 0. The molecule has 4 rings (SSSR count). The van der Waals surface area contributed by atoms with Crippen LogP contribution in [0, 0.1) is 0 Å². The van der Waals surface area contributed by atoms with E-state index in [1.165, 1.54) is 4.90 Å². The molecular formula is C19H19N3O2. The summed E-state index contributed by atoms with van der Waals surface area (Å²) in [6.45, 7) is 0.662. The van der Waals surface area contributed by atoms with Gasteiger partial charge in [0.25, 0.3) is 5.91 Å². The minimum Gasteiger partial charge on any atom is -0.312 e. The Morgan fingerprint density at radius 1 is 1.00 bits per heavy atom. The van der Waals surface area contributed by atoms with Crippen LogP contribution in [0.25, 0.3) is 0 Å². The minimum absolute atomic E-state index is 0.0980. The van der Waals surface area contributed by atoms with Crippen molar-refractivity contribution in [2.24, 2.45) is 0 Å². The van der Waals surface area contributed by atoms with Crippen molar-refractivity contribution in [3.05, 3.63) is 66.0 Å². The van der Waals surface area contributed by atoms with Gasteiger partial charge in [0.1, 0.15) is 12.1 Å². The Balaban J connectivity index is 1.79. The van der Waals surface area contributed by atoms with E-state index < -0.39 is 6.04 Å². The Bertz CT molecular complexity index is 684. The van der Waals surface area contributed by atoms with Crippen LogP contribution in [0.15, 0.2) is 54.7 Å². The standard InChI is InChI=1S/C19H19N3O2/c23-18-16-11-5-7-13-21(16)19(24)22(18)17(14-8-2-1-3-9-14)15-10-4-6-12-20-15/h1-4,6,8-10,12,16-17H,5,7,11,13H2/t16-,17+/m0/s1. The third-order valence-corrected chi connectivity index (χ3v) is 4.82. The van der Waals surface area contributed by atoms with Crippen LogP contribution >= 0.6 is 0 Å². The summed E-state index contributed by atoms with van der Waals surface area (Å²) in [6.07, 6.45) is 4.41. The van der Waals surface area contributed by atoms with Gasteiger partial charge in [-0.05, 0) is 37.0 Å². The number of pyridine rings is 1. The van der Waals surface area contributed by atoms with Crippen LogP contribution in [0.3, 0.4) is 0 Å². The first kappa shape index (κ1) is 14.9. The Morgan fingerprint density at radius 3 is 2.50 bits per heavy atom. The van der Waals surface area contributed by atoms with Crippen molar-refractivity contribution in [2.45, 2.75) is 31.3 Å². The molecule has 5 nitrogen and oxygen atoms in total. The van der Waals surface area contributed by atoms with Gasteiger partial charge >= 0.3 is 6.03 Å². The van der Waals surface area contributed by atoms with Crippen molar-refractivity contribution in [3.8, 4) is 0 Å². The number of urea groups is 1. The molecule has 0 unspecified atom stereocenters. The van der Waals surface area contributed by atoms with E-state index >= 15 is 0 Å². The van der Waals surface area contributed by atoms with Gasteiger partial charge in [0, 0.05) is 12.7 Å². The van der Waals surface area contributed by atoms with Crippen LogP contribution in [-0.4, -0.2) is 39.3 Å². The van der Waals surface area contributed by atoms with Gasteiger partial charge in [0.05, 0.1) is 5.69 Å². The highest BCUT2D eigenvalue weighted by Crippen LogP contribution is 2.35. The zero-order valence-electron chi connectivity index (χ0n) is 13.3. The summed E-state index contributed by atoms with van der Waals surface area (Å²) in [6, 6.07) is 14.3. The van der Waals surface area contributed by atoms with E-state index in [0.29, 0.717) is 12.2 Å². The second kappa shape index (κ2) is 6.07. The monoisotopic (exact) mass is 321 g/mol. The van der Waals surface area contributed by atoms with Crippen LogP contribution in [0.4, 0.5) is 4.79 Å². The summed E-state index contributed by atoms with van der Waals surface area (Å²) in [5.74, 6) is -0.0980. The Kier molecular flexibility index (Phi) is 3.76. The molecule has 122 valence electrons. The van der Waals surface area contributed by atoms with Crippen LogP contribution in [-0.2, 0) is 4.79 Å². The Hall–Kier alpha value is -2.69. The smallest absolute Gasteiger partial charge is 0.312 e. The van der Waals surface area contributed by atoms with E-state index in [0.717, 1.165) is 24.8 Å². The fourth-order valence-electron chi connectivity index (χ4n) is 3.67. The molecule has 5 heteroatoms.